The molecule has 2 bridgehead atoms. The minimum absolute atomic E-state index is 0. The van der Waals surface area contributed by atoms with Gasteiger partial charge in [-0.2, -0.15) is 0 Å². The van der Waals surface area contributed by atoms with Crippen LogP contribution in [0.3, 0.4) is 0 Å². The maximum atomic E-state index is 9.00. The molecule has 2 aliphatic heterocycles. The van der Waals surface area contributed by atoms with E-state index >= 15 is 0 Å². The Morgan fingerprint density at radius 3 is 1.24 bits per heavy atom. The Labute approximate surface area is 196 Å². The Hall–Kier alpha value is -2.30. The predicted octanol–water partition coefficient (Wildman–Crippen LogP) is 0.637. The summed E-state index contributed by atoms with van der Waals surface area (Å²) in [5, 5.41) is 52.2. The molecule has 0 aliphatic carbocycles. The fraction of sp³-hybridized carbons (Fsp3) is 0.417. The molecule has 4 rings (SSSR count). The van der Waals surface area contributed by atoms with Gasteiger partial charge in [-0.25, -0.2) is 0 Å². The molecule has 1 aromatic heterocycles. The normalized spacial score (nSPS) is 21.5. The molecule has 8 N–H and O–H groups in total. The molecule has 9 nitrogen and oxygen atoms in total. The van der Waals surface area contributed by atoms with E-state index in [4.69, 9.17) is 46.2 Å². The average Bonchev–Trinajstić information content (AvgIpc) is 3.60. The summed E-state index contributed by atoms with van der Waals surface area (Å²) < 4.78 is 10.4. The van der Waals surface area contributed by atoms with Crippen molar-refractivity contribution in [1.82, 2.24) is 0 Å². The van der Waals surface area contributed by atoms with Crippen LogP contribution in [0, 0.1) is 12.8 Å². The number of fused-ring (bicyclic) bond motifs is 2. The summed E-state index contributed by atoms with van der Waals surface area (Å²) in [6, 6.07) is 10.4. The van der Waals surface area contributed by atoms with Gasteiger partial charge >= 0.3 is 12.8 Å². The van der Waals surface area contributed by atoms with Gasteiger partial charge in [-0.1, -0.05) is 36.4 Å². The van der Waals surface area contributed by atoms with Crippen LogP contribution in [0.4, 0.5) is 0 Å². The van der Waals surface area contributed by atoms with Gasteiger partial charge in [-0.05, 0) is 36.1 Å². The summed E-state index contributed by atoms with van der Waals surface area (Å²) in [5.74, 6) is 0.970. The van der Waals surface area contributed by atoms with E-state index in [-0.39, 0.29) is 48.0 Å². The Morgan fingerprint density at radius 2 is 1.06 bits per heavy atom. The molecular weight excluding hydrogens is 432 g/mol. The van der Waals surface area contributed by atoms with Crippen molar-refractivity contribution in [2.75, 3.05) is 13.2 Å². The molecule has 9 heteroatoms. The molecular formula is C24H37O9+. The van der Waals surface area contributed by atoms with Crippen LogP contribution >= 0.6 is 0 Å². The van der Waals surface area contributed by atoms with Gasteiger partial charge in [0.05, 0.1) is 26.4 Å². The van der Waals surface area contributed by atoms with Crippen molar-refractivity contribution in [2.24, 2.45) is 0 Å². The van der Waals surface area contributed by atoms with Crippen molar-refractivity contribution in [3.05, 3.63) is 77.6 Å². The number of aliphatic hydroxyl groups is 6. The molecule has 0 spiro atoms. The summed E-state index contributed by atoms with van der Waals surface area (Å²) in [5.41, 5.74) is 0.806. The molecule has 2 aliphatic rings. The van der Waals surface area contributed by atoms with Crippen LogP contribution in [-0.2, 0) is 31.2 Å². The second-order valence-corrected chi connectivity index (χ2v) is 7.20. The van der Waals surface area contributed by atoms with Gasteiger partial charge in [-0.15, -0.1) is 0 Å². The zero-order chi connectivity index (χ0) is 24.0. The minimum Gasteiger partial charge on any atom is 0 e. The van der Waals surface area contributed by atoms with Gasteiger partial charge in [0.25, 0.3) is 0 Å². The van der Waals surface area contributed by atoms with Crippen molar-refractivity contribution < 1.29 is 48.1 Å². The third kappa shape index (κ3) is 8.87. The van der Waals surface area contributed by atoms with Gasteiger partial charge < -0.3 is 45.3 Å². The Balaban J connectivity index is -0.000000408. The average molecular weight is 470 g/mol. The van der Waals surface area contributed by atoms with Crippen LogP contribution in [0.2, 0.25) is 0 Å². The van der Waals surface area contributed by atoms with Gasteiger partial charge in [0.15, 0.2) is 0 Å². The van der Waals surface area contributed by atoms with Crippen LogP contribution in [0.15, 0.2) is 53.0 Å². The molecule has 0 saturated carbocycles. The minimum atomic E-state index is -0.470. The molecule has 186 valence electrons. The quantitative estimate of drug-likeness (QED) is 0.203. The van der Waals surface area contributed by atoms with Gasteiger partial charge in [0.1, 0.15) is 35.9 Å². The third-order valence-electron chi connectivity index (χ3n) is 5.02. The molecule has 1 saturated heterocycles. The molecule has 2 unspecified atom stereocenters. The first-order chi connectivity index (χ1) is 15.5. The molecule has 2 atom stereocenters. The Morgan fingerprint density at radius 1 is 0.697 bits per heavy atom. The van der Waals surface area contributed by atoms with E-state index in [0.717, 1.165) is 24.0 Å². The van der Waals surface area contributed by atoms with E-state index in [9.17, 15) is 0 Å². The van der Waals surface area contributed by atoms with Crippen LogP contribution in [-0.4, -0.2) is 60.5 Å². The Bertz CT molecular complexity index is 778. The van der Waals surface area contributed by atoms with Crippen LogP contribution in [0.25, 0.3) is 0 Å². The maximum Gasteiger partial charge on any atom is 0 e. The first-order valence-electron chi connectivity index (χ1n) is 9.97. The van der Waals surface area contributed by atoms with E-state index in [1.165, 1.54) is 0 Å². The number of benzene rings is 1. The monoisotopic (exact) mass is 469 g/mol. The zero-order valence-corrected chi connectivity index (χ0v) is 18.4. The fourth-order valence-corrected chi connectivity index (χ4v) is 3.14. The molecule has 2 aromatic rings. The number of rotatable bonds is 6. The van der Waals surface area contributed by atoms with Gasteiger partial charge in [0.2, 0.25) is 0 Å². The first kappa shape index (κ1) is 30.7. The van der Waals surface area contributed by atoms with Crippen LogP contribution < -0.4 is 0 Å². The van der Waals surface area contributed by atoms with Crippen molar-refractivity contribution in [3.63, 3.8) is 0 Å². The molecule has 3 heterocycles. The van der Waals surface area contributed by atoms with Crippen LogP contribution in [0.5, 0.6) is 0 Å². The number of hydrogen-bond donors (Lipinski definition) is 6. The second kappa shape index (κ2) is 15.5. The van der Waals surface area contributed by atoms with E-state index in [2.05, 4.69) is 6.42 Å². The molecule has 0 radical (unpaired) electrons. The molecule has 0 amide bonds. The summed E-state index contributed by atoms with van der Waals surface area (Å²) in [7, 11) is 0. The van der Waals surface area contributed by atoms with E-state index in [1.807, 2.05) is 12.2 Å². The van der Waals surface area contributed by atoms with E-state index in [0.29, 0.717) is 11.5 Å². The summed E-state index contributed by atoms with van der Waals surface area (Å²) >= 11 is 0. The third-order valence-corrected chi connectivity index (χ3v) is 5.02. The van der Waals surface area contributed by atoms with Crippen molar-refractivity contribution in [2.45, 2.75) is 50.5 Å². The number of hydrogen-bond acceptors (Lipinski definition) is 8. The zero-order valence-electron chi connectivity index (χ0n) is 18.4. The van der Waals surface area contributed by atoms with Gasteiger partial charge in [0, 0.05) is 2.85 Å². The molecule has 1 aromatic carbocycles. The van der Waals surface area contributed by atoms with Crippen molar-refractivity contribution in [3.8, 4) is 6.42 Å². The van der Waals surface area contributed by atoms with Crippen molar-refractivity contribution >= 4 is 0 Å². The standard InChI is InChI=1S/C8H12O3.C8H10O2.C6H8O3.C2H.H2O.2H2/c9-5-7-1-2-8(6-10,11-7)4-3-7;9-5-7-1-2-8(6-10)4-3-7;7-3-5-1-2-6(4-8)9-5;1-2;;;/h1-2,9-10H,3-6H2;1-4,9-10H,5-6H2;1-2,7-8H,3-4H2;1H;1H2;2*1H/q;;;+1;;;. The maximum absolute atomic E-state index is 9.00. The van der Waals surface area contributed by atoms with Crippen molar-refractivity contribution in [1.29, 1.82) is 0 Å². The number of ether oxygens (including phenoxy) is 1. The topological polar surface area (TPSA) is 175 Å². The number of furan rings is 1. The summed E-state index contributed by atoms with van der Waals surface area (Å²) in [6.45, 7) is -0.0616. The largest absolute Gasteiger partial charge is 0 e. The predicted molar refractivity (Wildman–Crippen MR) is 124 cm³/mol. The fourth-order valence-electron chi connectivity index (χ4n) is 3.14. The second-order valence-electron chi connectivity index (χ2n) is 7.20. The van der Waals surface area contributed by atoms with Gasteiger partial charge in [-0.3, -0.25) is 0 Å². The first-order valence-corrected chi connectivity index (χ1v) is 9.97. The summed E-state index contributed by atoms with van der Waals surface area (Å²) in [4.78, 5) is 0. The number of aliphatic hydroxyl groups excluding tert-OH is 6. The van der Waals surface area contributed by atoms with E-state index in [1.54, 1.807) is 36.4 Å². The van der Waals surface area contributed by atoms with Crippen LogP contribution in [0.1, 0.15) is 38.3 Å². The Kier molecular flexibility index (Phi) is 14.4. The smallest absolute Gasteiger partial charge is 0 e. The van der Waals surface area contributed by atoms with E-state index < -0.39 is 11.2 Å². The SMILES string of the molecule is O.OCC12C=CC(CO)(CC1)O2.OCc1ccc(CO)cc1.OCc1ccc(CO)o1.[C+]#C.[HH].[HH]. The summed E-state index contributed by atoms with van der Waals surface area (Å²) in [6.07, 6.45) is 14.4. The molecule has 1 fully saturated rings. The molecule has 33 heavy (non-hydrogen) atoms. The number of terminal acetylenes is 1.